The van der Waals surface area contributed by atoms with Crippen molar-refractivity contribution < 1.29 is 9.90 Å². The molecular formula is C15H23N5O2. The van der Waals surface area contributed by atoms with E-state index < -0.39 is 11.4 Å². The second-order valence-corrected chi connectivity index (χ2v) is 6.31. The second-order valence-electron chi connectivity index (χ2n) is 6.31. The van der Waals surface area contributed by atoms with E-state index in [1.165, 1.54) is 0 Å². The topological polar surface area (TPSA) is 81.6 Å². The summed E-state index contributed by atoms with van der Waals surface area (Å²) in [6, 6.07) is 1.88. The summed E-state index contributed by atoms with van der Waals surface area (Å²) in [5.41, 5.74) is 0.189. The largest absolute Gasteiger partial charge is 0.481 e. The van der Waals surface area contributed by atoms with Crippen LogP contribution in [0, 0.1) is 18.3 Å². The molecule has 1 aromatic heterocycles. The molecule has 0 aliphatic carbocycles. The van der Waals surface area contributed by atoms with Crippen LogP contribution in [0.3, 0.4) is 0 Å². The molecule has 2 aliphatic heterocycles. The monoisotopic (exact) mass is 305 g/mol. The maximum atomic E-state index is 11.9. The van der Waals surface area contributed by atoms with Crippen LogP contribution in [0.1, 0.15) is 12.6 Å². The molecule has 7 nitrogen and oxygen atoms in total. The highest BCUT2D eigenvalue weighted by Crippen LogP contribution is 2.43. The van der Waals surface area contributed by atoms with Crippen molar-refractivity contribution in [2.45, 2.75) is 13.8 Å². The molecule has 3 heterocycles. The lowest BCUT2D eigenvalue weighted by molar-refractivity contribution is -0.148. The number of likely N-dealkylation sites (tertiary alicyclic amines) is 1. The minimum Gasteiger partial charge on any atom is -0.481 e. The summed E-state index contributed by atoms with van der Waals surface area (Å²) in [4.78, 5) is 25.2. The summed E-state index contributed by atoms with van der Waals surface area (Å²) < 4.78 is 0. The Bertz CT molecular complexity index is 593. The fraction of sp³-hybridized carbons (Fsp3) is 0.667. The molecule has 2 fully saturated rings. The molecule has 0 unspecified atom stereocenters. The predicted molar refractivity (Wildman–Crippen MR) is 84.2 cm³/mol. The molecule has 2 N–H and O–H groups in total. The van der Waals surface area contributed by atoms with Gasteiger partial charge in [-0.2, -0.15) is 4.98 Å². The number of aryl methyl sites for hydroxylation is 1. The zero-order chi connectivity index (χ0) is 15.9. The van der Waals surface area contributed by atoms with E-state index in [4.69, 9.17) is 0 Å². The van der Waals surface area contributed by atoms with Gasteiger partial charge in [0.05, 0.1) is 0 Å². The number of carbonyl (C=O) groups is 1. The molecule has 2 atom stereocenters. The Kier molecular flexibility index (Phi) is 3.68. The first-order valence-electron chi connectivity index (χ1n) is 7.72. The number of nitrogens with zero attached hydrogens (tertiary/aromatic N) is 4. The van der Waals surface area contributed by atoms with Gasteiger partial charge in [-0.25, -0.2) is 4.98 Å². The molecule has 1 aromatic rings. The lowest BCUT2D eigenvalue weighted by atomic mass is 9.81. The Morgan fingerprint density at radius 2 is 2.23 bits per heavy atom. The lowest BCUT2D eigenvalue weighted by Crippen LogP contribution is -2.41. The smallest absolute Gasteiger partial charge is 0.313 e. The van der Waals surface area contributed by atoms with Crippen molar-refractivity contribution in [3.63, 3.8) is 0 Å². The number of hydrogen-bond donors (Lipinski definition) is 2. The van der Waals surface area contributed by atoms with Gasteiger partial charge in [0, 0.05) is 50.9 Å². The first-order valence-corrected chi connectivity index (χ1v) is 7.72. The first kappa shape index (κ1) is 15.0. The number of nitrogens with one attached hydrogen (secondary N) is 1. The van der Waals surface area contributed by atoms with Crippen molar-refractivity contribution in [1.29, 1.82) is 0 Å². The van der Waals surface area contributed by atoms with Crippen LogP contribution >= 0.6 is 0 Å². The Balaban J connectivity index is 1.88. The van der Waals surface area contributed by atoms with Gasteiger partial charge in [-0.05, 0) is 13.5 Å². The number of hydrogen-bond acceptors (Lipinski definition) is 6. The zero-order valence-electron chi connectivity index (χ0n) is 13.3. The molecule has 7 heteroatoms. The van der Waals surface area contributed by atoms with Gasteiger partial charge < -0.3 is 20.2 Å². The number of fused-ring (bicyclic) bond motifs is 1. The molecule has 0 aromatic carbocycles. The Morgan fingerprint density at radius 3 is 2.82 bits per heavy atom. The number of aromatic nitrogens is 2. The van der Waals surface area contributed by atoms with Gasteiger partial charge in [0.15, 0.2) is 0 Å². The summed E-state index contributed by atoms with van der Waals surface area (Å²) >= 11 is 0. The van der Waals surface area contributed by atoms with E-state index in [1.807, 2.05) is 24.9 Å². The number of anilines is 2. The van der Waals surface area contributed by atoms with Crippen LogP contribution < -0.4 is 10.2 Å². The predicted octanol–water partition coefficient (Wildman–Crippen LogP) is 0.669. The quantitative estimate of drug-likeness (QED) is 0.846. The first-order chi connectivity index (χ1) is 10.5. The minimum absolute atomic E-state index is 0.132. The van der Waals surface area contributed by atoms with E-state index >= 15 is 0 Å². The molecule has 0 bridgehead atoms. The average molecular weight is 305 g/mol. The highest BCUT2D eigenvalue weighted by molar-refractivity contribution is 5.78. The number of rotatable bonds is 4. The van der Waals surface area contributed by atoms with Crippen LogP contribution in [0.25, 0.3) is 0 Å². The summed E-state index contributed by atoms with van der Waals surface area (Å²) in [5.74, 6) is 0.825. The molecular weight excluding hydrogens is 282 g/mol. The maximum absolute atomic E-state index is 11.9. The normalized spacial score (nSPS) is 28.0. The van der Waals surface area contributed by atoms with Gasteiger partial charge >= 0.3 is 5.97 Å². The minimum atomic E-state index is -0.697. The Morgan fingerprint density at radius 1 is 1.45 bits per heavy atom. The summed E-state index contributed by atoms with van der Waals surface area (Å²) in [5, 5.41) is 12.8. The van der Waals surface area contributed by atoms with Crippen LogP contribution in [0.15, 0.2) is 6.07 Å². The summed E-state index contributed by atoms with van der Waals surface area (Å²) in [7, 11) is 1.82. The average Bonchev–Trinajstić information content (AvgIpc) is 3.01. The molecule has 0 radical (unpaired) electrons. The van der Waals surface area contributed by atoms with Crippen molar-refractivity contribution in [3.05, 3.63) is 11.8 Å². The molecule has 3 rings (SSSR count). The zero-order valence-corrected chi connectivity index (χ0v) is 13.3. The second kappa shape index (κ2) is 5.39. The molecule has 120 valence electrons. The maximum Gasteiger partial charge on any atom is 0.313 e. The van der Waals surface area contributed by atoms with E-state index in [0.717, 1.165) is 24.6 Å². The third kappa shape index (κ3) is 2.29. The number of aliphatic carboxylic acids is 1. The molecule has 0 amide bonds. The van der Waals surface area contributed by atoms with Crippen LogP contribution in [-0.2, 0) is 4.79 Å². The van der Waals surface area contributed by atoms with Crippen LogP contribution in [-0.4, -0.2) is 65.7 Å². The third-order valence-electron chi connectivity index (χ3n) is 4.93. The SMILES string of the molecule is CCN1C[C@@H]2CN(c3nc(C)cc(NC)n3)C[C@]2(C(=O)O)C1. The van der Waals surface area contributed by atoms with Crippen molar-refractivity contribution in [1.82, 2.24) is 14.9 Å². The highest BCUT2D eigenvalue weighted by Gasteiger charge is 2.57. The lowest BCUT2D eigenvalue weighted by Gasteiger charge is -2.25. The molecule has 0 saturated carbocycles. The van der Waals surface area contributed by atoms with E-state index in [9.17, 15) is 9.90 Å². The van der Waals surface area contributed by atoms with E-state index in [-0.39, 0.29) is 5.92 Å². The van der Waals surface area contributed by atoms with Gasteiger partial charge in [0.2, 0.25) is 5.95 Å². The van der Waals surface area contributed by atoms with Gasteiger partial charge in [-0.1, -0.05) is 6.92 Å². The van der Waals surface area contributed by atoms with E-state index in [2.05, 4.69) is 27.1 Å². The number of carboxylic acids is 1. The van der Waals surface area contributed by atoms with E-state index in [0.29, 0.717) is 25.6 Å². The van der Waals surface area contributed by atoms with Gasteiger partial charge in [0.1, 0.15) is 11.2 Å². The van der Waals surface area contributed by atoms with Gasteiger partial charge in [-0.15, -0.1) is 0 Å². The van der Waals surface area contributed by atoms with Crippen molar-refractivity contribution in [2.24, 2.45) is 11.3 Å². The van der Waals surface area contributed by atoms with Crippen molar-refractivity contribution in [2.75, 3.05) is 50.0 Å². The fourth-order valence-electron chi connectivity index (χ4n) is 3.69. The Hall–Kier alpha value is -1.89. The van der Waals surface area contributed by atoms with Crippen LogP contribution in [0.5, 0.6) is 0 Å². The molecule has 22 heavy (non-hydrogen) atoms. The summed E-state index contributed by atoms with van der Waals surface area (Å²) in [6.07, 6.45) is 0. The fourth-order valence-corrected chi connectivity index (χ4v) is 3.69. The molecule has 2 saturated heterocycles. The van der Waals surface area contributed by atoms with Gasteiger partial charge in [0.25, 0.3) is 0 Å². The Labute approximate surface area is 130 Å². The van der Waals surface area contributed by atoms with Crippen molar-refractivity contribution >= 4 is 17.7 Å². The highest BCUT2D eigenvalue weighted by atomic mass is 16.4. The summed E-state index contributed by atoms with van der Waals surface area (Å²) in [6.45, 7) is 7.54. The number of carboxylic acid groups (broad SMARTS) is 1. The van der Waals surface area contributed by atoms with E-state index in [1.54, 1.807) is 0 Å². The third-order valence-corrected chi connectivity index (χ3v) is 4.93. The molecule has 0 spiro atoms. The molecule has 2 aliphatic rings. The standard InChI is InChI=1S/C15H23N5O2/c1-4-19-6-11-7-20(9-15(11,8-19)13(21)22)14-17-10(2)5-12(16-3)18-14/h5,11H,4,6-9H2,1-3H3,(H,21,22)(H,16,17,18)/t11-,15-/m1/s1. The van der Waals surface area contributed by atoms with Crippen molar-refractivity contribution in [3.8, 4) is 0 Å². The van der Waals surface area contributed by atoms with Crippen LogP contribution in [0.4, 0.5) is 11.8 Å². The van der Waals surface area contributed by atoms with Crippen LogP contribution in [0.2, 0.25) is 0 Å². The van der Waals surface area contributed by atoms with Gasteiger partial charge in [-0.3, -0.25) is 4.79 Å².